The van der Waals surface area contributed by atoms with Crippen molar-refractivity contribution in [1.82, 2.24) is 4.90 Å². The number of carbonyl (C=O) groups is 1. The van der Waals surface area contributed by atoms with Crippen molar-refractivity contribution in [3.05, 3.63) is 28.8 Å². The Balaban J connectivity index is 1.40. The van der Waals surface area contributed by atoms with Gasteiger partial charge in [-0.15, -0.1) is 0 Å². The van der Waals surface area contributed by atoms with Crippen LogP contribution in [0.1, 0.15) is 44.6 Å². The third-order valence-electron chi connectivity index (χ3n) is 6.67. The Morgan fingerprint density at radius 2 is 2.26 bits per heavy atom. The van der Waals surface area contributed by atoms with Gasteiger partial charge in [0.05, 0.1) is 27.2 Å². The number of amides is 1. The van der Waals surface area contributed by atoms with Gasteiger partial charge < -0.3 is 10.2 Å². The maximum absolute atomic E-state index is 13.0. The summed E-state index contributed by atoms with van der Waals surface area (Å²) in [5.74, 6) is 0.622. The van der Waals surface area contributed by atoms with Crippen molar-refractivity contribution in [3.63, 3.8) is 0 Å². The number of nitrogens with one attached hydrogen (secondary N) is 1. The highest BCUT2D eigenvalue weighted by Crippen LogP contribution is 2.59. The number of rotatable bonds is 4. The summed E-state index contributed by atoms with van der Waals surface area (Å²) in [6.07, 6.45) is 4.13. The highest BCUT2D eigenvalue weighted by atomic mass is 35.5. The lowest BCUT2D eigenvalue weighted by Gasteiger charge is -2.40. The molecule has 2 aliphatic carbocycles. The van der Waals surface area contributed by atoms with E-state index in [0.717, 1.165) is 36.9 Å². The average molecular weight is 402 g/mol. The molecule has 4 nitrogen and oxygen atoms in total. The molecule has 2 heterocycles. The van der Waals surface area contributed by atoms with E-state index in [1.54, 1.807) is 0 Å². The minimum atomic E-state index is -0.168. The second-order valence-electron chi connectivity index (χ2n) is 8.55. The van der Waals surface area contributed by atoms with Crippen molar-refractivity contribution in [1.29, 1.82) is 5.26 Å². The molecule has 2 saturated carbocycles. The first kappa shape index (κ1) is 18.7. The van der Waals surface area contributed by atoms with Crippen molar-refractivity contribution in [2.24, 2.45) is 17.3 Å². The van der Waals surface area contributed by atoms with Crippen LogP contribution in [0.2, 0.25) is 5.02 Å². The molecular weight excluding hydrogens is 378 g/mol. The Morgan fingerprint density at radius 3 is 2.93 bits per heavy atom. The SMILES string of the molecule is Cc1cccc(Cl)c1NC(=S)C(C)CC(=O)N1C2CC3CC(C#N)(C2)CC31. The van der Waals surface area contributed by atoms with Gasteiger partial charge in [-0.25, -0.2) is 0 Å². The standard InChI is InChI=1S/C21H24ClN3OS/c1-12-4-3-5-16(22)19(12)24-20(27)13(2)6-18(26)25-15-7-14-8-21(9-15,11-23)10-17(14)25/h3-5,13-15,17H,6-10H2,1-2H3,(H,24,27). The molecule has 2 saturated heterocycles. The van der Waals surface area contributed by atoms with Gasteiger partial charge in [-0.2, -0.15) is 5.26 Å². The maximum Gasteiger partial charge on any atom is 0.223 e. The normalized spacial score (nSPS) is 31.6. The monoisotopic (exact) mass is 401 g/mol. The molecule has 5 unspecified atom stereocenters. The van der Waals surface area contributed by atoms with Crippen molar-refractivity contribution in [2.75, 3.05) is 5.32 Å². The summed E-state index contributed by atoms with van der Waals surface area (Å²) in [5, 5.41) is 13.4. The zero-order chi connectivity index (χ0) is 19.3. The first-order chi connectivity index (χ1) is 12.8. The molecule has 1 amide bonds. The summed E-state index contributed by atoms with van der Waals surface area (Å²) >= 11 is 11.8. The lowest BCUT2D eigenvalue weighted by atomic mass is 9.74. The third-order valence-corrected chi connectivity index (χ3v) is 7.49. The van der Waals surface area contributed by atoms with E-state index in [1.165, 1.54) is 0 Å². The number of benzene rings is 1. The predicted molar refractivity (Wildman–Crippen MR) is 111 cm³/mol. The minimum Gasteiger partial charge on any atom is -0.348 e. The van der Waals surface area contributed by atoms with E-state index in [-0.39, 0.29) is 29.3 Å². The van der Waals surface area contributed by atoms with Crippen molar-refractivity contribution < 1.29 is 4.79 Å². The van der Waals surface area contributed by atoms with E-state index in [2.05, 4.69) is 16.3 Å². The average Bonchev–Trinajstić information content (AvgIpc) is 3.03. The van der Waals surface area contributed by atoms with E-state index in [4.69, 9.17) is 23.8 Å². The quantitative estimate of drug-likeness (QED) is 0.742. The molecule has 5 atom stereocenters. The van der Waals surface area contributed by atoms with Crippen LogP contribution in [0, 0.1) is 35.5 Å². The van der Waals surface area contributed by atoms with Gasteiger partial charge in [0.15, 0.2) is 0 Å². The smallest absolute Gasteiger partial charge is 0.223 e. The van der Waals surface area contributed by atoms with Gasteiger partial charge in [0.2, 0.25) is 5.91 Å². The molecule has 1 N–H and O–H groups in total. The maximum atomic E-state index is 13.0. The number of para-hydroxylation sites is 1. The van der Waals surface area contributed by atoms with Crippen molar-refractivity contribution in [3.8, 4) is 6.07 Å². The summed E-state index contributed by atoms with van der Waals surface area (Å²) in [7, 11) is 0. The van der Waals surface area contributed by atoms with Gasteiger partial charge in [-0.1, -0.05) is 42.9 Å². The fourth-order valence-electron chi connectivity index (χ4n) is 5.41. The van der Waals surface area contributed by atoms with Crippen LogP contribution in [0.25, 0.3) is 0 Å². The molecule has 4 bridgehead atoms. The molecule has 0 radical (unpaired) electrons. The molecular formula is C21H24ClN3OS. The summed E-state index contributed by atoms with van der Waals surface area (Å²) in [6, 6.07) is 8.77. The van der Waals surface area contributed by atoms with Gasteiger partial charge in [-0.05, 0) is 50.2 Å². The number of anilines is 1. The van der Waals surface area contributed by atoms with E-state index >= 15 is 0 Å². The molecule has 1 aromatic rings. The van der Waals surface area contributed by atoms with E-state index in [9.17, 15) is 10.1 Å². The molecule has 27 heavy (non-hydrogen) atoms. The number of halogens is 1. The number of carbonyl (C=O) groups excluding carboxylic acids is 1. The lowest BCUT2D eigenvalue weighted by molar-refractivity contribution is -0.136. The highest BCUT2D eigenvalue weighted by Gasteiger charge is 2.61. The molecule has 6 heteroatoms. The zero-order valence-corrected chi connectivity index (χ0v) is 17.2. The number of aryl methyl sites for hydroxylation is 1. The number of nitriles is 1. The van der Waals surface area contributed by atoms with Gasteiger partial charge >= 0.3 is 0 Å². The van der Waals surface area contributed by atoms with Crippen molar-refractivity contribution in [2.45, 2.75) is 58.0 Å². The fraction of sp³-hybridized carbons (Fsp3) is 0.571. The molecule has 2 aliphatic heterocycles. The first-order valence-corrected chi connectivity index (χ1v) is 10.4. The molecule has 4 fully saturated rings. The van der Waals surface area contributed by atoms with Gasteiger partial charge in [0.25, 0.3) is 0 Å². The van der Waals surface area contributed by atoms with Gasteiger partial charge in [0.1, 0.15) is 0 Å². The lowest BCUT2D eigenvalue weighted by Crippen LogP contribution is -2.48. The topological polar surface area (TPSA) is 56.1 Å². The van der Waals surface area contributed by atoms with Crippen LogP contribution in [0.5, 0.6) is 0 Å². The second kappa shape index (κ2) is 6.76. The largest absolute Gasteiger partial charge is 0.348 e. The molecule has 0 spiro atoms. The van der Waals surface area contributed by atoms with E-state index in [1.807, 2.05) is 32.0 Å². The van der Waals surface area contributed by atoms with Crippen molar-refractivity contribution >= 4 is 40.4 Å². The molecule has 0 aromatic heterocycles. The van der Waals surface area contributed by atoms with Crippen LogP contribution >= 0.6 is 23.8 Å². The van der Waals surface area contributed by atoms with E-state index < -0.39 is 0 Å². The van der Waals surface area contributed by atoms with Gasteiger partial charge in [0, 0.05) is 24.4 Å². The molecule has 4 aliphatic rings. The van der Waals surface area contributed by atoms with Crippen LogP contribution < -0.4 is 5.32 Å². The fourth-order valence-corrected chi connectivity index (χ4v) is 5.86. The molecule has 5 rings (SSSR count). The van der Waals surface area contributed by atoms with Crippen LogP contribution in [0.4, 0.5) is 5.69 Å². The number of piperidine rings is 1. The first-order valence-electron chi connectivity index (χ1n) is 9.62. The third kappa shape index (κ3) is 3.13. The Kier molecular flexibility index (Phi) is 4.68. The summed E-state index contributed by atoms with van der Waals surface area (Å²) in [5.41, 5.74) is 1.68. The summed E-state index contributed by atoms with van der Waals surface area (Å²) in [6.45, 7) is 3.97. The summed E-state index contributed by atoms with van der Waals surface area (Å²) < 4.78 is 0. The van der Waals surface area contributed by atoms with Crippen LogP contribution in [0.3, 0.4) is 0 Å². The molecule has 142 valence electrons. The zero-order valence-electron chi connectivity index (χ0n) is 15.7. The van der Waals surface area contributed by atoms with Crippen LogP contribution in [-0.4, -0.2) is 27.9 Å². The van der Waals surface area contributed by atoms with Crippen LogP contribution in [-0.2, 0) is 4.79 Å². The Morgan fingerprint density at radius 1 is 1.48 bits per heavy atom. The Hall–Kier alpha value is -1.64. The predicted octanol–water partition coefficient (Wildman–Crippen LogP) is 4.71. The number of hydrogen-bond acceptors (Lipinski definition) is 3. The number of hydrogen-bond donors (Lipinski definition) is 1. The number of nitrogens with zero attached hydrogens (tertiary/aromatic N) is 2. The summed E-state index contributed by atoms with van der Waals surface area (Å²) in [4.78, 5) is 15.8. The minimum absolute atomic E-state index is 0.0653. The highest BCUT2D eigenvalue weighted by molar-refractivity contribution is 7.80. The number of thiocarbonyl (C=S) groups is 1. The van der Waals surface area contributed by atoms with Gasteiger partial charge in [-0.3, -0.25) is 4.79 Å². The Labute approximate surface area is 170 Å². The Bertz CT molecular complexity index is 826. The molecule has 1 aromatic carbocycles. The van der Waals surface area contributed by atoms with E-state index in [0.29, 0.717) is 22.3 Å². The second-order valence-corrected chi connectivity index (χ2v) is 9.40. The van der Waals surface area contributed by atoms with Crippen LogP contribution in [0.15, 0.2) is 18.2 Å².